The quantitative estimate of drug-likeness (QED) is 0.676. The van der Waals surface area contributed by atoms with E-state index in [-0.39, 0.29) is 5.91 Å². The largest absolute Gasteiger partial charge is 0.494 e. The molecule has 0 aliphatic carbocycles. The average Bonchev–Trinajstić information content (AvgIpc) is 2.28. The van der Waals surface area contributed by atoms with E-state index < -0.39 is 0 Å². The minimum Gasteiger partial charge on any atom is -0.494 e. The molecular formula is C12H19NO3. The number of nitrogens with zero attached hydrogens (tertiary/aromatic N) is 1. The summed E-state index contributed by atoms with van der Waals surface area (Å²) in [4.78, 5) is 14.0. The number of hydrogen-bond acceptors (Lipinski definition) is 3. The van der Waals surface area contributed by atoms with Gasteiger partial charge in [-0.15, -0.1) is 0 Å². The van der Waals surface area contributed by atoms with Crippen LogP contribution >= 0.6 is 0 Å². The van der Waals surface area contributed by atoms with Gasteiger partial charge in [0.2, 0.25) is 5.76 Å². The molecule has 0 aromatic heterocycles. The summed E-state index contributed by atoms with van der Waals surface area (Å²) in [7, 11) is 0. The minimum absolute atomic E-state index is 0.0295. The van der Waals surface area contributed by atoms with Crippen LogP contribution in [0.4, 0.5) is 0 Å². The Balaban J connectivity index is 2.00. The first-order chi connectivity index (χ1) is 7.66. The van der Waals surface area contributed by atoms with Gasteiger partial charge in [-0.25, -0.2) is 0 Å². The van der Waals surface area contributed by atoms with Gasteiger partial charge in [-0.2, -0.15) is 0 Å². The van der Waals surface area contributed by atoms with Gasteiger partial charge in [0.25, 0.3) is 5.91 Å². The highest BCUT2D eigenvalue weighted by Crippen LogP contribution is 2.22. The second kappa shape index (κ2) is 4.76. The first-order valence-electron chi connectivity index (χ1n) is 5.90. The van der Waals surface area contributed by atoms with E-state index in [1.165, 1.54) is 12.7 Å². The van der Waals surface area contributed by atoms with E-state index in [4.69, 9.17) is 9.47 Å². The highest BCUT2D eigenvalue weighted by molar-refractivity contribution is 5.91. The number of likely N-dealkylation sites (tertiary alicyclic amines) is 1. The maximum atomic E-state index is 12.1. The van der Waals surface area contributed by atoms with Crippen molar-refractivity contribution in [2.24, 2.45) is 11.8 Å². The molecule has 1 saturated heterocycles. The van der Waals surface area contributed by atoms with Crippen LogP contribution in [0.2, 0.25) is 0 Å². The van der Waals surface area contributed by atoms with Gasteiger partial charge in [-0.3, -0.25) is 4.79 Å². The van der Waals surface area contributed by atoms with E-state index >= 15 is 0 Å². The number of carbonyl (C=O) groups is 1. The molecule has 0 aromatic carbocycles. The Labute approximate surface area is 96.2 Å². The molecule has 0 radical (unpaired) electrons. The Bertz CT molecular complexity index is 291. The van der Waals surface area contributed by atoms with Crippen molar-refractivity contribution in [1.82, 2.24) is 4.90 Å². The molecule has 2 atom stereocenters. The second-order valence-electron chi connectivity index (χ2n) is 4.86. The van der Waals surface area contributed by atoms with Crippen LogP contribution in [-0.4, -0.2) is 37.1 Å². The molecular weight excluding hydrogens is 206 g/mol. The predicted molar refractivity (Wildman–Crippen MR) is 59.5 cm³/mol. The van der Waals surface area contributed by atoms with Gasteiger partial charge in [0.1, 0.15) is 19.5 Å². The summed E-state index contributed by atoms with van der Waals surface area (Å²) in [5.41, 5.74) is 0. The molecule has 0 N–H and O–H groups in total. The molecule has 4 nitrogen and oxygen atoms in total. The molecule has 0 saturated carbocycles. The molecule has 0 aromatic rings. The zero-order chi connectivity index (χ0) is 11.5. The Morgan fingerprint density at radius 3 is 2.56 bits per heavy atom. The fourth-order valence-corrected chi connectivity index (χ4v) is 2.47. The SMILES string of the molecule is CC1CC(C)CN(C(=O)C2=COCCO2)C1. The standard InChI is InChI=1S/C12H19NO3/c1-9-5-10(2)7-13(6-9)12(14)11-8-15-3-4-16-11/h8-10H,3-7H2,1-2H3. The van der Waals surface area contributed by atoms with Crippen LogP contribution in [0.25, 0.3) is 0 Å². The molecule has 2 rings (SSSR count). The lowest BCUT2D eigenvalue weighted by molar-refractivity contribution is -0.134. The van der Waals surface area contributed by atoms with Gasteiger partial charge >= 0.3 is 0 Å². The van der Waals surface area contributed by atoms with E-state index in [9.17, 15) is 4.79 Å². The van der Waals surface area contributed by atoms with Gasteiger partial charge in [0, 0.05) is 13.1 Å². The van der Waals surface area contributed by atoms with Crippen LogP contribution in [0.15, 0.2) is 12.0 Å². The van der Waals surface area contributed by atoms with E-state index in [1.807, 2.05) is 4.90 Å². The molecule has 16 heavy (non-hydrogen) atoms. The lowest BCUT2D eigenvalue weighted by atomic mass is 9.92. The third-order valence-electron chi connectivity index (χ3n) is 3.02. The van der Waals surface area contributed by atoms with Crippen molar-refractivity contribution in [1.29, 1.82) is 0 Å². The zero-order valence-electron chi connectivity index (χ0n) is 9.94. The zero-order valence-corrected chi connectivity index (χ0v) is 9.94. The Morgan fingerprint density at radius 1 is 1.31 bits per heavy atom. The van der Waals surface area contributed by atoms with Gasteiger partial charge in [-0.1, -0.05) is 13.8 Å². The third-order valence-corrected chi connectivity index (χ3v) is 3.02. The summed E-state index contributed by atoms with van der Waals surface area (Å²) < 4.78 is 10.4. The topological polar surface area (TPSA) is 38.8 Å². The first-order valence-corrected chi connectivity index (χ1v) is 5.90. The lowest BCUT2D eigenvalue weighted by Gasteiger charge is -2.35. The van der Waals surface area contributed by atoms with Crippen LogP contribution in [0.5, 0.6) is 0 Å². The van der Waals surface area contributed by atoms with Crippen molar-refractivity contribution in [3.63, 3.8) is 0 Å². The van der Waals surface area contributed by atoms with Crippen molar-refractivity contribution in [3.05, 3.63) is 12.0 Å². The summed E-state index contributed by atoms with van der Waals surface area (Å²) in [6.45, 7) is 7.01. The first kappa shape index (κ1) is 11.3. The molecule has 2 heterocycles. The summed E-state index contributed by atoms with van der Waals surface area (Å²) in [6, 6.07) is 0. The van der Waals surface area contributed by atoms with Crippen molar-refractivity contribution < 1.29 is 14.3 Å². The monoisotopic (exact) mass is 225 g/mol. The summed E-state index contributed by atoms with van der Waals surface area (Å²) in [6.07, 6.45) is 2.63. The van der Waals surface area contributed by atoms with Gasteiger partial charge in [0.15, 0.2) is 0 Å². The average molecular weight is 225 g/mol. The van der Waals surface area contributed by atoms with Gasteiger partial charge in [0.05, 0.1) is 0 Å². The molecule has 2 aliphatic rings. The lowest BCUT2D eigenvalue weighted by Crippen LogP contribution is -2.43. The molecule has 0 spiro atoms. The maximum Gasteiger partial charge on any atom is 0.292 e. The number of ether oxygens (including phenoxy) is 2. The molecule has 2 aliphatic heterocycles. The summed E-state index contributed by atoms with van der Waals surface area (Å²) in [5, 5.41) is 0. The third kappa shape index (κ3) is 2.49. The second-order valence-corrected chi connectivity index (χ2v) is 4.86. The van der Waals surface area contributed by atoms with Crippen LogP contribution in [0, 0.1) is 11.8 Å². The number of carbonyl (C=O) groups excluding carboxylic acids is 1. The van der Waals surface area contributed by atoms with Crippen LogP contribution < -0.4 is 0 Å². The number of piperidine rings is 1. The van der Waals surface area contributed by atoms with Crippen molar-refractivity contribution in [2.75, 3.05) is 26.3 Å². The van der Waals surface area contributed by atoms with E-state index in [0.29, 0.717) is 30.8 Å². The highest BCUT2D eigenvalue weighted by atomic mass is 16.6. The van der Waals surface area contributed by atoms with Crippen LogP contribution in [0.1, 0.15) is 20.3 Å². The normalized spacial score (nSPS) is 30.1. The molecule has 1 amide bonds. The smallest absolute Gasteiger partial charge is 0.292 e. The van der Waals surface area contributed by atoms with Gasteiger partial charge < -0.3 is 14.4 Å². The van der Waals surface area contributed by atoms with Gasteiger partial charge in [-0.05, 0) is 18.3 Å². The van der Waals surface area contributed by atoms with Crippen molar-refractivity contribution in [3.8, 4) is 0 Å². The molecule has 1 fully saturated rings. The summed E-state index contributed by atoms with van der Waals surface area (Å²) >= 11 is 0. The van der Waals surface area contributed by atoms with E-state index in [1.54, 1.807) is 0 Å². The Hall–Kier alpha value is -1.19. The number of amides is 1. The van der Waals surface area contributed by atoms with Crippen LogP contribution in [-0.2, 0) is 14.3 Å². The highest BCUT2D eigenvalue weighted by Gasteiger charge is 2.28. The van der Waals surface area contributed by atoms with Crippen molar-refractivity contribution in [2.45, 2.75) is 20.3 Å². The van der Waals surface area contributed by atoms with Crippen LogP contribution in [0.3, 0.4) is 0 Å². The minimum atomic E-state index is -0.0295. The van der Waals surface area contributed by atoms with E-state index in [2.05, 4.69) is 13.8 Å². The Kier molecular flexibility index (Phi) is 3.36. The fourth-order valence-electron chi connectivity index (χ4n) is 2.47. The number of hydrogen-bond donors (Lipinski definition) is 0. The predicted octanol–water partition coefficient (Wildman–Crippen LogP) is 1.38. The van der Waals surface area contributed by atoms with Crippen molar-refractivity contribution >= 4 is 5.91 Å². The Morgan fingerprint density at radius 2 is 2.00 bits per heavy atom. The molecule has 2 unspecified atom stereocenters. The molecule has 0 bridgehead atoms. The molecule has 4 heteroatoms. The van der Waals surface area contributed by atoms with E-state index in [0.717, 1.165) is 13.1 Å². The number of rotatable bonds is 1. The summed E-state index contributed by atoms with van der Waals surface area (Å²) in [5.74, 6) is 1.46. The molecule has 90 valence electrons. The fraction of sp³-hybridized carbons (Fsp3) is 0.750. The maximum absolute atomic E-state index is 12.1.